The van der Waals surface area contributed by atoms with Gasteiger partial charge in [0.2, 0.25) is 0 Å². The zero-order chi connectivity index (χ0) is 10.9. The van der Waals surface area contributed by atoms with Gasteiger partial charge in [-0.15, -0.1) is 11.3 Å². The van der Waals surface area contributed by atoms with Crippen molar-refractivity contribution >= 4 is 11.3 Å². The molecule has 1 aliphatic rings. The van der Waals surface area contributed by atoms with E-state index in [4.69, 9.17) is 10.5 Å². The number of fused-ring (bicyclic) bond motifs is 1. The molecule has 1 aliphatic heterocycles. The highest BCUT2D eigenvalue weighted by Crippen LogP contribution is 2.38. The minimum Gasteiger partial charge on any atom is -0.371 e. The predicted molar refractivity (Wildman–Crippen MR) is 64.2 cm³/mol. The lowest BCUT2D eigenvalue weighted by Gasteiger charge is -2.36. The van der Waals surface area contributed by atoms with E-state index in [0.29, 0.717) is 0 Å². The van der Waals surface area contributed by atoms with Crippen molar-refractivity contribution in [3.63, 3.8) is 0 Å². The third-order valence-electron chi connectivity index (χ3n) is 3.06. The summed E-state index contributed by atoms with van der Waals surface area (Å²) in [6.45, 7) is 5.09. The third-order valence-corrected chi connectivity index (χ3v) is 4.06. The highest BCUT2D eigenvalue weighted by atomic mass is 32.1. The Morgan fingerprint density at radius 2 is 2.47 bits per heavy atom. The normalized spacial score (nSPS) is 24.6. The summed E-state index contributed by atoms with van der Waals surface area (Å²) in [5, 5.41) is 2.15. The van der Waals surface area contributed by atoms with Crippen LogP contribution in [0.4, 0.5) is 0 Å². The first-order valence-corrected chi connectivity index (χ1v) is 6.50. The van der Waals surface area contributed by atoms with Crippen molar-refractivity contribution in [2.45, 2.75) is 44.8 Å². The molecule has 0 aromatic carbocycles. The second-order valence-electron chi connectivity index (χ2n) is 4.56. The summed E-state index contributed by atoms with van der Waals surface area (Å²) in [5.41, 5.74) is 7.45. The van der Waals surface area contributed by atoms with Crippen LogP contribution in [0.5, 0.6) is 0 Å². The van der Waals surface area contributed by atoms with E-state index in [1.807, 2.05) is 11.3 Å². The van der Waals surface area contributed by atoms with Gasteiger partial charge in [0.15, 0.2) is 0 Å². The molecule has 2 N–H and O–H groups in total. The number of hydrogen-bond acceptors (Lipinski definition) is 3. The summed E-state index contributed by atoms with van der Waals surface area (Å²) in [5.74, 6) is 0. The Labute approximate surface area is 95.4 Å². The van der Waals surface area contributed by atoms with Crippen molar-refractivity contribution in [3.05, 3.63) is 21.9 Å². The first-order chi connectivity index (χ1) is 7.15. The molecule has 1 aromatic heterocycles. The predicted octanol–water partition coefficient (Wildman–Crippen LogP) is 2.88. The molecule has 2 unspecified atom stereocenters. The fraction of sp³-hybridized carbons (Fsp3) is 0.667. The molecule has 0 amide bonds. The van der Waals surface area contributed by atoms with Crippen LogP contribution in [-0.4, -0.2) is 12.1 Å². The monoisotopic (exact) mass is 225 g/mol. The molecular weight excluding hydrogens is 206 g/mol. The zero-order valence-electron chi connectivity index (χ0n) is 9.45. The Kier molecular flexibility index (Phi) is 3.14. The molecule has 84 valence electrons. The molecule has 0 aliphatic carbocycles. The van der Waals surface area contributed by atoms with E-state index in [0.717, 1.165) is 25.9 Å². The van der Waals surface area contributed by atoms with Gasteiger partial charge in [0, 0.05) is 16.8 Å². The van der Waals surface area contributed by atoms with Crippen LogP contribution in [0.2, 0.25) is 0 Å². The van der Waals surface area contributed by atoms with E-state index in [9.17, 15) is 0 Å². The zero-order valence-corrected chi connectivity index (χ0v) is 10.3. The van der Waals surface area contributed by atoms with Gasteiger partial charge in [-0.2, -0.15) is 0 Å². The van der Waals surface area contributed by atoms with E-state index >= 15 is 0 Å². The lowest BCUT2D eigenvalue weighted by atomic mass is 9.85. The van der Waals surface area contributed by atoms with Crippen LogP contribution in [0.25, 0.3) is 0 Å². The summed E-state index contributed by atoms with van der Waals surface area (Å²) >= 11 is 1.83. The van der Waals surface area contributed by atoms with E-state index in [1.165, 1.54) is 10.4 Å². The average molecular weight is 225 g/mol. The summed E-state index contributed by atoms with van der Waals surface area (Å²) in [6.07, 6.45) is 3.25. The van der Waals surface area contributed by atoms with Crippen LogP contribution in [0.3, 0.4) is 0 Å². The molecule has 0 spiro atoms. The third kappa shape index (κ3) is 2.10. The van der Waals surface area contributed by atoms with E-state index < -0.39 is 0 Å². The van der Waals surface area contributed by atoms with Crippen LogP contribution >= 0.6 is 11.3 Å². The number of rotatable bonds is 3. The number of thiophene rings is 1. The maximum absolute atomic E-state index is 6.36. The van der Waals surface area contributed by atoms with Gasteiger partial charge in [0.05, 0.1) is 6.61 Å². The van der Waals surface area contributed by atoms with Crippen molar-refractivity contribution in [2.75, 3.05) is 6.61 Å². The standard InChI is InChI=1S/C12H19NOS/c1-3-6-12(2,13)11-9-5-8-15-10(9)4-7-14-11/h5,8,11H,3-4,6-7,13H2,1-2H3. The lowest BCUT2D eigenvalue weighted by molar-refractivity contribution is -0.00867. The number of ether oxygens (including phenoxy) is 1. The SMILES string of the molecule is CCCC(C)(N)C1OCCc2sccc21. The summed E-state index contributed by atoms with van der Waals surface area (Å²) in [4.78, 5) is 1.46. The molecule has 2 nitrogen and oxygen atoms in total. The largest absolute Gasteiger partial charge is 0.371 e. The summed E-state index contributed by atoms with van der Waals surface area (Å²) in [6, 6.07) is 2.17. The minimum atomic E-state index is -0.231. The molecule has 0 bridgehead atoms. The average Bonchev–Trinajstić information content (AvgIpc) is 2.64. The van der Waals surface area contributed by atoms with E-state index in [2.05, 4.69) is 25.3 Å². The van der Waals surface area contributed by atoms with Crippen LogP contribution in [0.15, 0.2) is 11.4 Å². The highest BCUT2D eigenvalue weighted by molar-refractivity contribution is 7.10. The Bertz CT molecular complexity index is 332. The van der Waals surface area contributed by atoms with E-state index in [-0.39, 0.29) is 11.6 Å². The van der Waals surface area contributed by atoms with Crippen molar-refractivity contribution in [1.82, 2.24) is 0 Å². The molecule has 0 saturated carbocycles. The topological polar surface area (TPSA) is 35.2 Å². The van der Waals surface area contributed by atoms with E-state index in [1.54, 1.807) is 0 Å². The van der Waals surface area contributed by atoms with Crippen LogP contribution in [-0.2, 0) is 11.2 Å². The highest BCUT2D eigenvalue weighted by Gasteiger charge is 2.35. The second-order valence-corrected chi connectivity index (χ2v) is 5.56. The molecule has 2 atom stereocenters. The lowest BCUT2D eigenvalue weighted by Crippen LogP contribution is -2.45. The Balaban J connectivity index is 2.25. The number of hydrogen-bond donors (Lipinski definition) is 1. The maximum atomic E-state index is 6.36. The quantitative estimate of drug-likeness (QED) is 0.858. The molecule has 2 heterocycles. The van der Waals surface area contributed by atoms with Gasteiger partial charge in [0.1, 0.15) is 6.10 Å². The van der Waals surface area contributed by atoms with Crippen molar-refractivity contribution in [3.8, 4) is 0 Å². The first kappa shape index (κ1) is 11.1. The van der Waals surface area contributed by atoms with Gasteiger partial charge in [-0.25, -0.2) is 0 Å². The molecule has 0 radical (unpaired) electrons. The molecule has 1 aromatic rings. The molecule has 2 rings (SSSR count). The molecule has 15 heavy (non-hydrogen) atoms. The summed E-state index contributed by atoms with van der Waals surface area (Å²) in [7, 11) is 0. The minimum absolute atomic E-state index is 0.0902. The Hall–Kier alpha value is -0.380. The van der Waals surface area contributed by atoms with Gasteiger partial charge >= 0.3 is 0 Å². The molecule has 0 saturated heterocycles. The molecule has 3 heteroatoms. The van der Waals surface area contributed by atoms with Gasteiger partial charge < -0.3 is 10.5 Å². The maximum Gasteiger partial charge on any atom is 0.101 e. The smallest absolute Gasteiger partial charge is 0.101 e. The Morgan fingerprint density at radius 1 is 1.67 bits per heavy atom. The van der Waals surface area contributed by atoms with Crippen molar-refractivity contribution in [1.29, 1.82) is 0 Å². The van der Waals surface area contributed by atoms with Crippen LogP contribution < -0.4 is 5.73 Å². The van der Waals surface area contributed by atoms with Gasteiger partial charge in [-0.3, -0.25) is 0 Å². The Morgan fingerprint density at radius 3 is 3.20 bits per heavy atom. The van der Waals surface area contributed by atoms with Gasteiger partial charge in [-0.05, 0) is 30.4 Å². The van der Waals surface area contributed by atoms with Crippen molar-refractivity contribution in [2.24, 2.45) is 5.73 Å². The molecule has 0 fully saturated rings. The van der Waals surface area contributed by atoms with Crippen LogP contribution in [0.1, 0.15) is 43.2 Å². The second kappa shape index (κ2) is 4.24. The first-order valence-electron chi connectivity index (χ1n) is 5.62. The fourth-order valence-corrected chi connectivity index (χ4v) is 3.25. The summed E-state index contributed by atoms with van der Waals surface area (Å²) < 4.78 is 5.86. The van der Waals surface area contributed by atoms with Gasteiger partial charge in [-0.1, -0.05) is 13.3 Å². The number of nitrogens with two attached hydrogens (primary N) is 1. The fourth-order valence-electron chi connectivity index (χ4n) is 2.36. The van der Waals surface area contributed by atoms with Gasteiger partial charge in [0.25, 0.3) is 0 Å². The van der Waals surface area contributed by atoms with Crippen LogP contribution in [0, 0.1) is 0 Å². The molecular formula is C12H19NOS. The van der Waals surface area contributed by atoms with Crippen molar-refractivity contribution < 1.29 is 4.74 Å².